The Labute approximate surface area is 106 Å². The summed E-state index contributed by atoms with van der Waals surface area (Å²) in [6.45, 7) is 3.14. The first-order valence-electron chi connectivity index (χ1n) is 7.08. The molecule has 16 heavy (non-hydrogen) atoms. The minimum absolute atomic E-state index is 0.364. The van der Waals surface area contributed by atoms with Crippen molar-refractivity contribution in [2.75, 3.05) is 6.61 Å². The largest absolute Gasteiger partial charge is 0.378 e. The van der Waals surface area contributed by atoms with Gasteiger partial charge in [0, 0.05) is 12.0 Å². The fraction of sp³-hybridized carbons (Fsp3) is 1.00. The van der Waals surface area contributed by atoms with Crippen molar-refractivity contribution in [3.63, 3.8) is 0 Å². The van der Waals surface area contributed by atoms with Gasteiger partial charge in [0.1, 0.15) is 0 Å². The molecule has 0 saturated carbocycles. The Kier molecular flexibility index (Phi) is 8.32. The fourth-order valence-electron chi connectivity index (χ4n) is 2.36. The molecule has 0 amide bonds. The van der Waals surface area contributed by atoms with Crippen molar-refractivity contribution < 1.29 is 4.74 Å². The first-order valence-corrected chi connectivity index (χ1v) is 7.52. The van der Waals surface area contributed by atoms with Gasteiger partial charge in [-0.2, -0.15) is 0 Å². The topological polar surface area (TPSA) is 9.23 Å². The average molecular weight is 247 g/mol. The Balaban J connectivity index is 1.86. The predicted octanol–water partition coefficient (Wildman–Crippen LogP) is 4.91. The van der Waals surface area contributed by atoms with Gasteiger partial charge < -0.3 is 4.74 Å². The molecule has 0 N–H and O–H groups in total. The minimum atomic E-state index is 0.364. The van der Waals surface area contributed by atoms with Crippen molar-refractivity contribution in [2.24, 2.45) is 0 Å². The molecule has 0 aromatic heterocycles. The Morgan fingerprint density at radius 3 is 2.44 bits per heavy atom. The van der Waals surface area contributed by atoms with Gasteiger partial charge in [0.15, 0.2) is 0 Å². The lowest BCUT2D eigenvalue weighted by Gasteiger charge is -2.26. The van der Waals surface area contributed by atoms with Crippen LogP contribution in [0.25, 0.3) is 0 Å². The monoisotopic (exact) mass is 246 g/mol. The summed E-state index contributed by atoms with van der Waals surface area (Å²) in [6.07, 6.45) is 13.4. The molecule has 1 nitrogen and oxygen atoms in total. The van der Waals surface area contributed by atoms with Crippen LogP contribution in [0.1, 0.15) is 71.1 Å². The summed E-state index contributed by atoms with van der Waals surface area (Å²) in [7, 11) is 0. The molecule has 1 aliphatic heterocycles. The van der Waals surface area contributed by atoms with Crippen LogP contribution < -0.4 is 0 Å². The Morgan fingerprint density at radius 2 is 1.75 bits per heavy atom. The predicted molar refractivity (Wildman–Crippen MR) is 71.2 cm³/mol. The molecule has 0 aromatic rings. The molecule has 0 radical (unpaired) electrons. The summed E-state index contributed by atoms with van der Waals surface area (Å²) in [5.41, 5.74) is 0. The molecule has 2 atom stereocenters. The minimum Gasteiger partial charge on any atom is -0.378 e. The molecule has 1 aliphatic rings. The zero-order chi connectivity index (χ0) is 11.6. The molecule has 0 bridgehead atoms. The summed E-state index contributed by atoms with van der Waals surface area (Å²) < 4.78 is 5.71. The molecular formula is C14H27ClO. The summed E-state index contributed by atoms with van der Waals surface area (Å²) in [6, 6.07) is 0. The Morgan fingerprint density at radius 1 is 1.06 bits per heavy atom. The van der Waals surface area contributed by atoms with Crippen LogP contribution in [0.2, 0.25) is 0 Å². The highest BCUT2D eigenvalue weighted by atomic mass is 35.5. The van der Waals surface area contributed by atoms with E-state index in [0.717, 1.165) is 19.4 Å². The molecule has 2 unspecified atom stereocenters. The van der Waals surface area contributed by atoms with E-state index in [1.54, 1.807) is 0 Å². The van der Waals surface area contributed by atoms with Crippen LogP contribution in [0.15, 0.2) is 0 Å². The second kappa shape index (κ2) is 9.30. The highest BCUT2D eigenvalue weighted by Crippen LogP contribution is 2.22. The van der Waals surface area contributed by atoms with E-state index < -0.39 is 0 Å². The van der Waals surface area contributed by atoms with Gasteiger partial charge in [0.2, 0.25) is 0 Å². The van der Waals surface area contributed by atoms with Crippen molar-refractivity contribution >= 4 is 11.6 Å². The maximum absolute atomic E-state index is 6.13. The van der Waals surface area contributed by atoms with Crippen molar-refractivity contribution in [1.29, 1.82) is 0 Å². The van der Waals surface area contributed by atoms with E-state index in [1.807, 2.05) is 0 Å². The number of unbranched alkanes of at least 4 members (excludes halogenated alkanes) is 6. The molecule has 1 heterocycles. The van der Waals surface area contributed by atoms with Gasteiger partial charge in [-0.3, -0.25) is 0 Å². The lowest BCUT2D eigenvalue weighted by Crippen LogP contribution is -2.25. The van der Waals surface area contributed by atoms with Gasteiger partial charge >= 0.3 is 0 Å². The lowest BCUT2D eigenvalue weighted by atomic mass is 10.0. The molecule has 1 rings (SSSR count). The molecule has 96 valence electrons. The molecular weight excluding hydrogens is 220 g/mol. The van der Waals surface area contributed by atoms with Crippen molar-refractivity contribution in [2.45, 2.75) is 82.6 Å². The Hall–Kier alpha value is 0.250. The average Bonchev–Trinajstić information content (AvgIpc) is 2.28. The number of hydrogen-bond acceptors (Lipinski definition) is 1. The first kappa shape index (κ1) is 14.3. The van der Waals surface area contributed by atoms with Gasteiger partial charge in [0.05, 0.1) is 6.10 Å². The summed E-state index contributed by atoms with van der Waals surface area (Å²) in [5, 5.41) is 0.364. The smallest absolute Gasteiger partial charge is 0.0589 e. The third kappa shape index (κ3) is 6.75. The van der Waals surface area contributed by atoms with Crippen LogP contribution in [-0.2, 0) is 4.74 Å². The van der Waals surface area contributed by atoms with Crippen LogP contribution >= 0.6 is 11.6 Å². The Bertz CT molecular complexity index is 161. The summed E-state index contributed by atoms with van der Waals surface area (Å²) in [4.78, 5) is 0. The lowest BCUT2D eigenvalue weighted by molar-refractivity contribution is 0.0116. The van der Waals surface area contributed by atoms with Crippen LogP contribution in [-0.4, -0.2) is 18.1 Å². The third-order valence-electron chi connectivity index (χ3n) is 3.43. The van der Waals surface area contributed by atoms with E-state index in [-0.39, 0.29) is 0 Å². The van der Waals surface area contributed by atoms with Gasteiger partial charge in [0.25, 0.3) is 0 Å². The number of hydrogen-bond donors (Lipinski definition) is 0. The second-order valence-electron chi connectivity index (χ2n) is 5.02. The summed E-state index contributed by atoms with van der Waals surface area (Å²) in [5.74, 6) is 0. The van der Waals surface area contributed by atoms with Gasteiger partial charge in [-0.05, 0) is 19.3 Å². The quantitative estimate of drug-likeness (QED) is 0.437. The van der Waals surface area contributed by atoms with E-state index in [0.29, 0.717) is 11.5 Å². The fourth-order valence-corrected chi connectivity index (χ4v) is 2.65. The molecule has 0 aliphatic carbocycles. The molecule has 2 heteroatoms. The summed E-state index contributed by atoms with van der Waals surface area (Å²) >= 11 is 6.13. The highest BCUT2D eigenvalue weighted by Gasteiger charge is 2.19. The first-order chi connectivity index (χ1) is 7.83. The van der Waals surface area contributed by atoms with Crippen molar-refractivity contribution in [1.82, 2.24) is 0 Å². The van der Waals surface area contributed by atoms with Gasteiger partial charge in [-0.15, -0.1) is 11.6 Å². The standard InChI is InChI=1S/C14H27ClO/c1-2-3-4-5-6-7-8-9-14-12-13(15)10-11-16-14/h13-14H,2-12H2,1H3. The molecule has 0 spiro atoms. The van der Waals surface area contributed by atoms with Crippen LogP contribution in [0.3, 0.4) is 0 Å². The highest BCUT2D eigenvalue weighted by molar-refractivity contribution is 6.20. The van der Waals surface area contributed by atoms with E-state index in [4.69, 9.17) is 16.3 Å². The van der Waals surface area contributed by atoms with Crippen LogP contribution in [0.4, 0.5) is 0 Å². The van der Waals surface area contributed by atoms with Crippen molar-refractivity contribution in [3.8, 4) is 0 Å². The SMILES string of the molecule is CCCCCCCCCC1CC(Cl)CCO1. The van der Waals surface area contributed by atoms with E-state index >= 15 is 0 Å². The van der Waals surface area contributed by atoms with E-state index in [2.05, 4.69) is 6.92 Å². The second-order valence-corrected chi connectivity index (χ2v) is 5.64. The molecule has 1 fully saturated rings. The number of halogens is 1. The number of alkyl halides is 1. The van der Waals surface area contributed by atoms with Crippen LogP contribution in [0.5, 0.6) is 0 Å². The van der Waals surface area contributed by atoms with Crippen LogP contribution in [0, 0.1) is 0 Å². The number of rotatable bonds is 8. The maximum atomic E-state index is 6.13. The van der Waals surface area contributed by atoms with E-state index in [1.165, 1.54) is 51.4 Å². The van der Waals surface area contributed by atoms with Gasteiger partial charge in [-0.1, -0.05) is 51.9 Å². The maximum Gasteiger partial charge on any atom is 0.0589 e. The number of ether oxygens (including phenoxy) is 1. The van der Waals surface area contributed by atoms with Crippen molar-refractivity contribution in [3.05, 3.63) is 0 Å². The third-order valence-corrected chi connectivity index (χ3v) is 3.83. The van der Waals surface area contributed by atoms with E-state index in [9.17, 15) is 0 Å². The molecule has 1 saturated heterocycles. The molecule has 0 aromatic carbocycles. The normalized spacial score (nSPS) is 25.9. The zero-order valence-corrected chi connectivity index (χ0v) is 11.5. The van der Waals surface area contributed by atoms with Gasteiger partial charge in [-0.25, -0.2) is 0 Å². The zero-order valence-electron chi connectivity index (χ0n) is 10.7.